The molecule has 0 aromatic heterocycles. The summed E-state index contributed by atoms with van der Waals surface area (Å²) in [5.41, 5.74) is 1.91. The molecule has 1 saturated heterocycles. The van der Waals surface area contributed by atoms with Crippen LogP contribution in [0.5, 0.6) is 11.5 Å². The summed E-state index contributed by atoms with van der Waals surface area (Å²) in [6, 6.07) is 4.18. The summed E-state index contributed by atoms with van der Waals surface area (Å²) in [4.78, 5) is 14.5. The van der Waals surface area contributed by atoms with Gasteiger partial charge in [-0.15, -0.1) is 0 Å². The molecule has 0 bridgehead atoms. The zero-order valence-corrected chi connectivity index (χ0v) is 17.9. The van der Waals surface area contributed by atoms with Crippen molar-refractivity contribution in [1.82, 2.24) is 10.2 Å². The molecule has 0 spiro atoms. The number of benzene rings is 1. The molecule has 6 nitrogen and oxygen atoms in total. The van der Waals surface area contributed by atoms with Crippen LogP contribution in [0.2, 0.25) is 0 Å². The minimum atomic E-state index is -0.765. The largest absolute Gasteiger partial charge is 0.486 e. The molecule has 1 fully saturated rings. The van der Waals surface area contributed by atoms with Gasteiger partial charge in [0.1, 0.15) is 13.2 Å². The third kappa shape index (κ3) is 5.86. The van der Waals surface area contributed by atoms with E-state index < -0.39 is 6.10 Å². The summed E-state index contributed by atoms with van der Waals surface area (Å²) in [6.07, 6.45) is 7.56. The van der Waals surface area contributed by atoms with Gasteiger partial charge in [-0.2, -0.15) is 0 Å². The molecule has 0 radical (unpaired) electrons. The van der Waals surface area contributed by atoms with Gasteiger partial charge in [-0.05, 0) is 56.1 Å². The quantitative estimate of drug-likeness (QED) is 0.582. The van der Waals surface area contributed by atoms with E-state index in [2.05, 4.69) is 24.2 Å². The maximum atomic E-state index is 12.2. The Morgan fingerprint density at radius 1 is 1.21 bits per heavy atom. The third-order valence-corrected chi connectivity index (χ3v) is 5.99. The lowest BCUT2D eigenvalue weighted by molar-refractivity contribution is -0.121. The van der Waals surface area contributed by atoms with Gasteiger partial charge < -0.3 is 19.9 Å². The number of nitrogens with zero attached hydrogens (tertiary/aromatic N) is 1. The van der Waals surface area contributed by atoms with Crippen molar-refractivity contribution in [3.63, 3.8) is 0 Å². The zero-order valence-electron chi connectivity index (χ0n) is 17.9. The third-order valence-electron chi connectivity index (χ3n) is 5.99. The fraction of sp³-hybridized carbons (Fsp3) is 0.696. The van der Waals surface area contributed by atoms with Crippen molar-refractivity contribution >= 4 is 5.91 Å². The number of carbonyl (C=O) groups excluding carboxylic acids is 1. The molecular formula is C23H36N2O4. The first-order valence-corrected chi connectivity index (χ1v) is 11.2. The molecule has 162 valence electrons. The number of hydrogen-bond donors (Lipinski definition) is 2. The van der Waals surface area contributed by atoms with Gasteiger partial charge in [0, 0.05) is 19.0 Å². The van der Waals surface area contributed by atoms with E-state index in [1.165, 1.54) is 19.3 Å². The Morgan fingerprint density at radius 2 is 1.93 bits per heavy atom. The Bertz CT molecular complexity index is 679. The van der Waals surface area contributed by atoms with Crippen LogP contribution in [0.4, 0.5) is 0 Å². The Labute approximate surface area is 174 Å². The number of carbonyl (C=O) groups is 1. The van der Waals surface area contributed by atoms with Gasteiger partial charge in [-0.3, -0.25) is 9.69 Å². The molecule has 2 aliphatic heterocycles. The second kappa shape index (κ2) is 10.8. The minimum Gasteiger partial charge on any atom is -0.486 e. The molecule has 29 heavy (non-hydrogen) atoms. The predicted octanol–water partition coefficient (Wildman–Crippen LogP) is 3.73. The molecule has 3 rings (SSSR count). The highest BCUT2D eigenvalue weighted by Crippen LogP contribution is 2.41. The topological polar surface area (TPSA) is 71.0 Å². The molecular weight excluding hydrogens is 368 g/mol. The number of amides is 1. The fourth-order valence-electron chi connectivity index (χ4n) is 4.30. The van der Waals surface area contributed by atoms with Crippen LogP contribution in [0.1, 0.15) is 81.6 Å². The van der Waals surface area contributed by atoms with Gasteiger partial charge in [0.15, 0.2) is 11.5 Å². The maximum Gasteiger partial charge on any atom is 0.220 e. The highest BCUT2D eigenvalue weighted by Gasteiger charge is 2.29. The summed E-state index contributed by atoms with van der Waals surface area (Å²) in [7, 11) is 2.12. The number of likely N-dealkylation sites (tertiary alicyclic amines) is 1. The molecule has 2 atom stereocenters. The normalized spacial score (nSPS) is 19.9. The number of aliphatic hydroxyl groups is 1. The smallest absolute Gasteiger partial charge is 0.220 e. The van der Waals surface area contributed by atoms with Gasteiger partial charge in [0.05, 0.1) is 6.10 Å². The van der Waals surface area contributed by atoms with Crippen LogP contribution in [0.3, 0.4) is 0 Å². The summed E-state index contributed by atoms with van der Waals surface area (Å²) >= 11 is 0. The lowest BCUT2D eigenvalue weighted by atomic mass is 9.94. The van der Waals surface area contributed by atoms with E-state index in [-0.39, 0.29) is 18.5 Å². The Balaban J connectivity index is 1.64. The molecule has 0 aliphatic carbocycles. The van der Waals surface area contributed by atoms with Gasteiger partial charge >= 0.3 is 0 Å². The van der Waals surface area contributed by atoms with Gasteiger partial charge in [0.2, 0.25) is 5.91 Å². The van der Waals surface area contributed by atoms with Crippen molar-refractivity contribution in [2.75, 3.05) is 33.4 Å². The average molecular weight is 405 g/mol. The predicted molar refractivity (Wildman–Crippen MR) is 113 cm³/mol. The van der Waals surface area contributed by atoms with Gasteiger partial charge in [0.25, 0.3) is 0 Å². The molecule has 2 aliphatic rings. The highest BCUT2D eigenvalue weighted by molar-refractivity contribution is 5.75. The van der Waals surface area contributed by atoms with E-state index in [4.69, 9.17) is 9.47 Å². The van der Waals surface area contributed by atoms with Crippen molar-refractivity contribution in [3.05, 3.63) is 23.3 Å². The average Bonchev–Trinajstić information content (AvgIpc) is 3.16. The maximum absolute atomic E-state index is 12.2. The van der Waals surface area contributed by atoms with E-state index in [1.807, 2.05) is 12.1 Å². The number of unbranched alkanes of at least 4 members (excludes halogenated alkanes) is 4. The summed E-state index contributed by atoms with van der Waals surface area (Å²) in [5.74, 6) is 1.44. The molecule has 2 unspecified atom stereocenters. The van der Waals surface area contributed by atoms with Crippen LogP contribution < -0.4 is 14.8 Å². The molecule has 1 aromatic carbocycles. The zero-order chi connectivity index (χ0) is 20.6. The van der Waals surface area contributed by atoms with Crippen LogP contribution in [0.25, 0.3) is 0 Å². The molecule has 6 heteroatoms. The Morgan fingerprint density at radius 3 is 2.62 bits per heavy atom. The van der Waals surface area contributed by atoms with E-state index in [0.29, 0.717) is 25.4 Å². The first kappa shape index (κ1) is 21.9. The van der Waals surface area contributed by atoms with Crippen LogP contribution >= 0.6 is 0 Å². The number of nitrogens with one attached hydrogen (secondary N) is 1. The number of hydrogen-bond acceptors (Lipinski definition) is 5. The van der Waals surface area contributed by atoms with E-state index in [1.54, 1.807) is 0 Å². The first-order chi connectivity index (χ1) is 14.1. The second-order valence-electron chi connectivity index (χ2n) is 8.25. The van der Waals surface area contributed by atoms with E-state index >= 15 is 0 Å². The summed E-state index contributed by atoms with van der Waals surface area (Å²) < 4.78 is 11.5. The summed E-state index contributed by atoms with van der Waals surface area (Å²) in [6.45, 7) is 4.51. The lowest BCUT2D eigenvalue weighted by Crippen LogP contribution is -2.29. The molecule has 2 N–H and O–H groups in total. The van der Waals surface area contributed by atoms with E-state index in [9.17, 15) is 9.90 Å². The van der Waals surface area contributed by atoms with Gasteiger partial charge in [-0.1, -0.05) is 32.6 Å². The van der Waals surface area contributed by atoms with Crippen molar-refractivity contribution in [2.45, 2.75) is 70.4 Å². The molecule has 2 heterocycles. The molecule has 1 amide bonds. The van der Waals surface area contributed by atoms with Crippen molar-refractivity contribution in [2.24, 2.45) is 0 Å². The number of aliphatic hydroxyl groups excluding tert-OH is 1. The minimum absolute atomic E-state index is 0.0117. The molecule has 0 saturated carbocycles. The standard InChI is InChI=1S/C23H36N2O4/c1-3-4-5-6-7-10-23(27)24-16-20(26)18-15-22-21(28-12-13-29-22)14-17(18)19-9-8-11-25(19)2/h14-15,19-20,26H,3-13,16H2,1-2H3,(H,24,27). The lowest BCUT2D eigenvalue weighted by Gasteiger charge is -2.28. The SMILES string of the molecule is CCCCCCCC(=O)NCC(O)c1cc2c(cc1C1CCCN1C)OCCO2. The highest BCUT2D eigenvalue weighted by atomic mass is 16.6. The van der Waals surface area contributed by atoms with Crippen LogP contribution in [0.15, 0.2) is 12.1 Å². The van der Waals surface area contributed by atoms with Crippen LogP contribution in [-0.4, -0.2) is 49.3 Å². The van der Waals surface area contributed by atoms with Crippen LogP contribution in [0, 0.1) is 0 Å². The molecule has 1 aromatic rings. The number of rotatable bonds is 10. The fourth-order valence-corrected chi connectivity index (χ4v) is 4.30. The Kier molecular flexibility index (Phi) is 8.19. The summed E-state index contributed by atoms with van der Waals surface area (Å²) in [5, 5.41) is 13.8. The monoisotopic (exact) mass is 404 g/mol. The van der Waals surface area contributed by atoms with Crippen molar-refractivity contribution in [1.29, 1.82) is 0 Å². The number of fused-ring (bicyclic) bond motifs is 1. The van der Waals surface area contributed by atoms with Crippen molar-refractivity contribution in [3.8, 4) is 11.5 Å². The van der Waals surface area contributed by atoms with E-state index in [0.717, 1.165) is 49.1 Å². The van der Waals surface area contributed by atoms with Gasteiger partial charge in [-0.25, -0.2) is 0 Å². The van der Waals surface area contributed by atoms with Crippen LogP contribution in [-0.2, 0) is 4.79 Å². The second-order valence-corrected chi connectivity index (χ2v) is 8.25. The first-order valence-electron chi connectivity index (χ1n) is 11.2. The Hall–Kier alpha value is -1.79. The van der Waals surface area contributed by atoms with Crippen molar-refractivity contribution < 1.29 is 19.4 Å². The number of ether oxygens (including phenoxy) is 2.